The van der Waals surface area contributed by atoms with Gasteiger partial charge in [-0.1, -0.05) is 11.6 Å². The zero-order valence-electron chi connectivity index (χ0n) is 15.3. The quantitative estimate of drug-likeness (QED) is 0.709. The number of amides is 3. The maximum Gasteiger partial charge on any atom is 0.321 e. The molecule has 0 bridgehead atoms. The number of anilines is 1. The molecule has 0 spiro atoms. The van der Waals surface area contributed by atoms with Crippen LogP contribution in [0, 0.1) is 5.92 Å². The van der Waals surface area contributed by atoms with E-state index in [1.165, 1.54) is 0 Å². The number of nitrogens with one attached hydrogen (secondary N) is 2. The Morgan fingerprint density at radius 3 is 2.58 bits per heavy atom. The minimum atomic E-state index is -0.220. The highest BCUT2D eigenvalue weighted by Crippen LogP contribution is 2.37. The lowest BCUT2D eigenvalue weighted by Gasteiger charge is -2.32. The number of piperidine rings is 1. The van der Waals surface area contributed by atoms with Gasteiger partial charge in [0, 0.05) is 30.1 Å². The maximum atomic E-state index is 12.6. The van der Waals surface area contributed by atoms with Crippen LogP contribution in [0.5, 0.6) is 5.75 Å². The molecule has 0 saturated carbocycles. The summed E-state index contributed by atoms with van der Waals surface area (Å²) in [5.74, 6) is 0.578. The number of carbonyl (C=O) groups is 2. The van der Waals surface area contributed by atoms with Gasteiger partial charge in [-0.15, -0.1) is 0 Å². The summed E-state index contributed by atoms with van der Waals surface area (Å²) in [6.45, 7) is 7.31. The number of likely N-dealkylation sites (tertiary alicyclic amines) is 1. The second-order valence-electron chi connectivity index (χ2n) is 6.55. The molecule has 6 nitrogen and oxygen atoms in total. The summed E-state index contributed by atoms with van der Waals surface area (Å²) >= 11 is 9.50. The van der Waals surface area contributed by atoms with Crippen molar-refractivity contribution in [3.8, 4) is 5.75 Å². The Bertz CT molecular complexity index is 661. The number of hydrogen-bond acceptors (Lipinski definition) is 3. The average Bonchev–Trinajstić information content (AvgIpc) is 2.57. The second-order valence-corrected chi connectivity index (χ2v) is 7.84. The smallest absolute Gasteiger partial charge is 0.321 e. The minimum absolute atomic E-state index is 0.0410. The van der Waals surface area contributed by atoms with Gasteiger partial charge in [-0.25, -0.2) is 4.79 Å². The summed E-state index contributed by atoms with van der Waals surface area (Å²) in [6.07, 6.45) is 1.31. The number of urea groups is 1. The molecule has 0 atom stereocenters. The molecule has 1 aromatic rings. The number of halogens is 2. The van der Waals surface area contributed by atoms with Crippen molar-refractivity contribution in [2.45, 2.75) is 39.7 Å². The van der Waals surface area contributed by atoms with Crippen molar-refractivity contribution < 1.29 is 14.3 Å². The van der Waals surface area contributed by atoms with Gasteiger partial charge in [0.15, 0.2) is 5.75 Å². The van der Waals surface area contributed by atoms with Crippen molar-refractivity contribution in [1.29, 1.82) is 0 Å². The molecular formula is C18H25BrClN3O3. The monoisotopic (exact) mass is 445 g/mol. The zero-order chi connectivity index (χ0) is 19.3. The van der Waals surface area contributed by atoms with Crippen LogP contribution in [0.2, 0.25) is 5.02 Å². The van der Waals surface area contributed by atoms with Crippen molar-refractivity contribution in [3.05, 3.63) is 21.6 Å². The fourth-order valence-corrected chi connectivity index (χ4v) is 3.81. The van der Waals surface area contributed by atoms with Crippen molar-refractivity contribution >= 4 is 45.2 Å². The van der Waals surface area contributed by atoms with E-state index in [4.69, 9.17) is 16.3 Å². The number of carbonyl (C=O) groups excluding carboxylic acids is 2. The third-order valence-corrected chi connectivity index (χ3v) is 4.93. The maximum absolute atomic E-state index is 12.6. The fourth-order valence-electron chi connectivity index (χ4n) is 2.89. The van der Waals surface area contributed by atoms with Gasteiger partial charge in [-0.3, -0.25) is 4.79 Å². The van der Waals surface area contributed by atoms with Gasteiger partial charge in [0.1, 0.15) is 0 Å². The highest BCUT2D eigenvalue weighted by molar-refractivity contribution is 9.10. The predicted octanol–water partition coefficient (Wildman–Crippen LogP) is 4.27. The largest absolute Gasteiger partial charge is 0.491 e. The lowest BCUT2D eigenvalue weighted by Crippen LogP contribution is -2.45. The van der Waals surface area contributed by atoms with Crippen molar-refractivity contribution in [3.63, 3.8) is 0 Å². The van der Waals surface area contributed by atoms with E-state index in [-0.39, 0.29) is 23.9 Å². The van der Waals surface area contributed by atoms with E-state index >= 15 is 0 Å². The molecule has 0 unspecified atom stereocenters. The number of nitrogens with zero attached hydrogens (tertiary/aromatic N) is 1. The van der Waals surface area contributed by atoms with Gasteiger partial charge in [-0.05, 0) is 61.7 Å². The summed E-state index contributed by atoms with van der Waals surface area (Å²) in [7, 11) is 0. The number of benzene rings is 1. The molecule has 1 aliphatic rings. The summed E-state index contributed by atoms with van der Waals surface area (Å²) < 4.78 is 6.29. The first-order valence-corrected chi connectivity index (χ1v) is 9.97. The Morgan fingerprint density at radius 1 is 1.35 bits per heavy atom. The Morgan fingerprint density at radius 2 is 2.00 bits per heavy atom. The zero-order valence-corrected chi connectivity index (χ0v) is 17.6. The standard InChI is InChI=1S/C18H25BrClN3O3/c1-4-26-16-14(19)9-13(20)10-15(16)22-18(25)23-7-5-12(6-8-23)17(24)21-11(2)3/h9-12H,4-8H2,1-3H3,(H,21,24)(H,22,25). The first-order valence-electron chi connectivity index (χ1n) is 8.80. The molecule has 1 aromatic carbocycles. The van der Waals surface area contributed by atoms with E-state index in [1.54, 1.807) is 17.0 Å². The Balaban J connectivity index is 1.98. The summed E-state index contributed by atoms with van der Waals surface area (Å²) in [5.41, 5.74) is 0.524. The van der Waals surface area contributed by atoms with E-state index in [0.717, 1.165) is 0 Å². The molecule has 2 N–H and O–H groups in total. The summed E-state index contributed by atoms with van der Waals surface area (Å²) in [4.78, 5) is 26.4. The molecule has 1 heterocycles. The topological polar surface area (TPSA) is 70.7 Å². The van der Waals surface area contributed by atoms with Crippen LogP contribution in [0.4, 0.5) is 10.5 Å². The molecule has 3 amide bonds. The molecule has 0 radical (unpaired) electrons. The Labute approximate surface area is 167 Å². The Hall–Kier alpha value is -1.47. The fraction of sp³-hybridized carbons (Fsp3) is 0.556. The molecule has 144 valence electrons. The number of rotatable bonds is 5. The molecule has 1 fully saturated rings. The molecule has 1 saturated heterocycles. The molecule has 2 rings (SSSR count). The molecule has 0 aromatic heterocycles. The average molecular weight is 447 g/mol. The lowest BCUT2D eigenvalue weighted by atomic mass is 9.96. The molecule has 1 aliphatic heterocycles. The molecule has 0 aliphatic carbocycles. The van der Waals surface area contributed by atoms with Crippen LogP contribution in [0.1, 0.15) is 33.6 Å². The van der Waals surface area contributed by atoms with Gasteiger partial charge in [-0.2, -0.15) is 0 Å². The minimum Gasteiger partial charge on any atom is -0.491 e. The SMILES string of the molecule is CCOc1c(Br)cc(Cl)cc1NC(=O)N1CCC(C(=O)NC(C)C)CC1. The van der Waals surface area contributed by atoms with Gasteiger partial charge < -0.3 is 20.3 Å². The van der Waals surface area contributed by atoms with Crippen LogP contribution >= 0.6 is 27.5 Å². The van der Waals surface area contributed by atoms with E-state index < -0.39 is 0 Å². The van der Waals surface area contributed by atoms with Crippen LogP contribution in [0.3, 0.4) is 0 Å². The Kier molecular flexibility index (Phi) is 7.58. The summed E-state index contributed by atoms with van der Waals surface area (Å²) in [5, 5.41) is 6.31. The van der Waals surface area contributed by atoms with Crippen LogP contribution in [-0.4, -0.2) is 42.6 Å². The van der Waals surface area contributed by atoms with Crippen LogP contribution < -0.4 is 15.4 Å². The number of ether oxygens (including phenoxy) is 1. The van der Waals surface area contributed by atoms with Crippen LogP contribution in [-0.2, 0) is 4.79 Å². The number of hydrogen-bond donors (Lipinski definition) is 2. The lowest BCUT2D eigenvalue weighted by molar-refractivity contribution is -0.126. The summed E-state index contributed by atoms with van der Waals surface area (Å²) in [6, 6.07) is 3.30. The highest BCUT2D eigenvalue weighted by atomic mass is 79.9. The van der Waals surface area contributed by atoms with Gasteiger partial charge in [0.05, 0.1) is 16.8 Å². The molecular weight excluding hydrogens is 422 g/mol. The second kappa shape index (κ2) is 9.46. The van der Waals surface area contributed by atoms with Crippen molar-refractivity contribution in [2.24, 2.45) is 5.92 Å². The van der Waals surface area contributed by atoms with Crippen molar-refractivity contribution in [1.82, 2.24) is 10.2 Å². The van der Waals surface area contributed by atoms with E-state index in [1.807, 2.05) is 20.8 Å². The van der Waals surface area contributed by atoms with Gasteiger partial charge in [0.2, 0.25) is 5.91 Å². The normalized spacial score (nSPS) is 15.1. The predicted molar refractivity (Wildman–Crippen MR) is 107 cm³/mol. The third kappa shape index (κ3) is 5.51. The van der Waals surface area contributed by atoms with E-state index in [0.29, 0.717) is 53.5 Å². The van der Waals surface area contributed by atoms with Crippen molar-refractivity contribution in [2.75, 3.05) is 25.0 Å². The van der Waals surface area contributed by atoms with E-state index in [2.05, 4.69) is 26.6 Å². The van der Waals surface area contributed by atoms with E-state index in [9.17, 15) is 9.59 Å². The molecule has 26 heavy (non-hydrogen) atoms. The first kappa shape index (κ1) is 20.8. The third-order valence-electron chi connectivity index (χ3n) is 4.12. The van der Waals surface area contributed by atoms with Gasteiger partial charge in [0.25, 0.3) is 0 Å². The van der Waals surface area contributed by atoms with Gasteiger partial charge >= 0.3 is 6.03 Å². The highest BCUT2D eigenvalue weighted by Gasteiger charge is 2.28. The first-order chi connectivity index (χ1) is 12.3. The molecule has 8 heteroatoms. The van der Waals surface area contributed by atoms with Crippen LogP contribution in [0.25, 0.3) is 0 Å². The van der Waals surface area contributed by atoms with Crippen LogP contribution in [0.15, 0.2) is 16.6 Å².